The molecular weight excluding hydrogens is 462 g/mol. The molecule has 1 N–H and O–H groups in total. The third kappa shape index (κ3) is 3.59. The van der Waals surface area contributed by atoms with Crippen LogP contribution in [0.15, 0.2) is 39.6 Å². The highest BCUT2D eigenvalue weighted by Gasteiger charge is 2.37. The molecule has 2 heterocycles. The molecule has 0 saturated heterocycles. The van der Waals surface area contributed by atoms with Crippen molar-refractivity contribution in [3.63, 3.8) is 0 Å². The highest BCUT2D eigenvalue weighted by atomic mass is 32.2. The van der Waals surface area contributed by atoms with Crippen molar-refractivity contribution in [2.45, 2.75) is 24.2 Å². The van der Waals surface area contributed by atoms with Crippen LogP contribution in [0.1, 0.15) is 18.3 Å². The number of benzene rings is 2. The number of nitrogens with zero attached hydrogens (tertiary/aromatic N) is 3. The number of aromatic nitrogens is 3. The number of nitrogens with one attached hydrogen (secondary N) is 1. The summed E-state index contributed by atoms with van der Waals surface area (Å²) in [5.41, 5.74) is -1.33. The molecule has 0 saturated carbocycles. The lowest BCUT2D eigenvalue weighted by Crippen LogP contribution is -2.12. The smallest absolute Gasteiger partial charge is 0.436 e. The fraction of sp³-hybridized carbons (Fsp3) is 0.263. The molecule has 32 heavy (non-hydrogen) atoms. The Morgan fingerprint density at radius 1 is 1.03 bits per heavy atom. The molecule has 2 aromatic carbocycles. The fourth-order valence-electron chi connectivity index (χ4n) is 3.29. The average Bonchev–Trinajstić information content (AvgIpc) is 3.26. The molecule has 4 rings (SSSR count). The van der Waals surface area contributed by atoms with E-state index >= 15 is 0 Å². The van der Waals surface area contributed by atoms with Gasteiger partial charge in [-0.15, -0.1) is 0 Å². The van der Waals surface area contributed by atoms with E-state index in [1.807, 2.05) is 0 Å². The van der Waals surface area contributed by atoms with E-state index in [0.29, 0.717) is 0 Å². The van der Waals surface area contributed by atoms with Crippen LogP contribution < -0.4 is 0 Å². The van der Waals surface area contributed by atoms with E-state index in [0.717, 1.165) is 41.9 Å². The highest BCUT2D eigenvalue weighted by molar-refractivity contribution is 7.92. The second-order valence-corrected chi connectivity index (χ2v) is 9.36. The molecule has 0 aliphatic rings. The lowest BCUT2D eigenvalue weighted by atomic mass is 10.2. The molecule has 2 aromatic heterocycles. The molecule has 0 bridgehead atoms. The van der Waals surface area contributed by atoms with Crippen LogP contribution in [0.3, 0.4) is 0 Å². The van der Waals surface area contributed by atoms with Crippen LogP contribution in [0.2, 0.25) is 0 Å². The molecule has 0 aliphatic carbocycles. The summed E-state index contributed by atoms with van der Waals surface area (Å²) in [5, 5.41) is 0. The van der Waals surface area contributed by atoms with Crippen LogP contribution in [0.5, 0.6) is 0 Å². The standard InChI is InChI=1S/C19H14F6N4O2S/c1-3-32(26,30)15-8-13-11(28-17(29(13)2)19(23,24)25)7-10(15)16-27-12-6-9(18(20,21)22)4-5-14(12)31-16/h4-8,26H,3H2,1-2H3. The lowest BCUT2D eigenvalue weighted by molar-refractivity contribution is -0.146. The molecule has 0 amide bonds. The Morgan fingerprint density at radius 2 is 1.72 bits per heavy atom. The summed E-state index contributed by atoms with van der Waals surface area (Å²) in [7, 11) is -2.35. The summed E-state index contributed by atoms with van der Waals surface area (Å²) in [5.74, 6) is -1.63. The predicted molar refractivity (Wildman–Crippen MR) is 103 cm³/mol. The molecule has 0 aliphatic heterocycles. The molecule has 6 nitrogen and oxygen atoms in total. The molecule has 0 fully saturated rings. The minimum Gasteiger partial charge on any atom is -0.436 e. The van der Waals surface area contributed by atoms with E-state index in [9.17, 15) is 30.6 Å². The number of hydrogen-bond donors (Lipinski definition) is 1. The zero-order valence-corrected chi connectivity index (χ0v) is 17.2. The summed E-state index contributed by atoms with van der Waals surface area (Å²) >= 11 is 0. The summed E-state index contributed by atoms with van der Waals surface area (Å²) in [4.78, 5) is 7.46. The summed E-state index contributed by atoms with van der Waals surface area (Å²) < 4.78 is 106. The summed E-state index contributed by atoms with van der Waals surface area (Å²) in [6.45, 7) is 1.47. The lowest BCUT2D eigenvalue weighted by Gasteiger charge is -2.10. The van der Waals surface area contributed by atoms with Gasteiger partial charge < -0.3 is 8.98 Å². The van der Waals surface area contributed by atoms with Gasteiger partial charge in [0.05, 0.1) is 36.8 Å². The van der Waals surface area contributed by atoms with Crippen molar-refractivity contribution >= 4 is 31.9 Å². The summed E-state index contributed by atoms with van der Waals surface area (Å²) in [6, 6.07) is 4.93. The number of imidazole rings is 1. The van der Waals surface area contributed by atoms with Gasteiger partial charge in [-0.2, -0.15) is 26.3 Å². The number of hydrogen-bond acceptors (Lipinski definition) is 5. The minimum absolute atomic E-state index is 0.0102. The first kappa shape index (κ1) is 22.1. The zero-order chi connectivity index (χ0) is 23.6. The van der Waals surface area contributed by atoms with Crippen LogP contribution in [-0.2, 0) is 29.1 Å². The van der Waals surface area contributed by atoms with Gasteiger partial charge in [0.2, 0.25) is 11.7 Å². The van der Waals surface area contributed by atoms with E-state index in [1.54, 1.807) is 0 Å². The monoisotopic (exact) mass is 476 g/mol. The van der Waals surface area contributed by atoms with Gasteiger partial charge in [-0.1, -0.05) is 6.92 Å². The maximum Gasteiger partial charge on any atom is 0.449 e. The van der Waals surface area contributed by atoms with Gasteiger partial charge in [0.15, 0.2) is 5.58 Å². The largest absolute Gasteiger partial charge is 0.449 e. The van der Waals surface area contributed by atoms with Gasteiger partial charge in [-0.05, 0) is 30.3 Å². The van der Waals surface area contributed by atoms with Gasteiger partial charge in [0.25, 0.3) is 0 Å². The van der Waals surface area contributed by atoms with Crippen LogP contribution in [0.4, 0.5) is 26.3 Å². The quantitative estimate of drug-likeness (QED) is 0.376. The van der Waals surface area contributed by atoms with Crippen molar-refractivity contribution in [3.05, 3.63) is 41.7 Å². The molecule has 1 atom stereocenters. The highest BCUT2D eigenvalue weighted by Crippen LogP contribution is 2.38. The Labute approximate surface area is 176 Å². The van der Waals surface area contributed by atoms with Crippen molar-refractivity contribution in [1.82, 2.24) is 14.5 Å². The number of oxazole rings is 1. The minimum atomic E-state index is -4.76. The van der Waals surface area contributed by atoms with Crippen LogP contribution in [0, 0.1) is 4.78 Å². The Balaban J connectivity index is 2.01. The number of halogens is 6. The van der Waals surface area contributed by atoms with Crippen molar-refractivity contribution in [1.29, 1.82) is 4.78 Å². The zero-order valence-electron chi connectivity index (χ0n) is 16.4. The number of alkyl halides is 6. The fourth-order valence-corrected chi connectivity index (χ4v) is 4.40. The van der Waals surface area contributed by atoms with Gasteiger partial charge >= 0.3 is 12.4 Å². The molecular formula is C19H14F6N4O2S. The Hall–Kier alpha value is -3.09. The Morgan fingerprint density at radius 3 is 2.31 bits per heavy atom. The van der Waals surface area contributed by atoms with Gasteiger partial charge in [-0.25, -0.2) is 19.0 Å². The van der Waals surface area contributed by atoms with Crippen LogP contribution >= 0.6 is 0 Å². The van der Waals surface area contributed by atoms with E-state index in [1.165, 1.54) is 6.92 Å². The number of rotatable bonds is 3. The maximum absolute atomic E-state index is 13.3. The van der Waals surface area contributed by atoms with Crippen molar-refractivity contribution in [3.8, 4) is 11.5 Å². The Bertz CT molecular complexity index is 1470. The van der Waals surface area contributed by atoms with E-state index in [4.69, 9.17) is 9.20 Å². The molecule has 4 aromatic rings. The second-order valence-electron chi connectivity index (χ2n) is 6.99. The SMILES string of the molecule is CCS(=N)(=O)c1cc2c(cc1-c1nc3cc(C(F)(F)F)ccc3o1)nc(C(F)(F)F)n2C. The van der Waals surface area contributed by atoms with Crippen molar-refractivity contribution in [2.24, 2.45) is 7.05 Å². The first-order valence-electron chi connectivity index (χ1n) is 9.04. The molecule has 0 spiro atoms. The second kappa shape index (κ2) is 6.95. The first-order chi connectivity index (χ1) is 14.7. The third-order valence-electron chi connectivity index (χ3n) is 4.94. The van der Waals surface area contributed by atoms with E-state index in [-0.39, 0.29) is 44.2 Å². The molecule has 13 heteroatoms. The predicted octanol–water partition coefficient (Wildman–Crippen LogP) is 5.84. The maximum atomic E-state index is 13.3. The van der Waals surface area contributed by atoms with Gasteiger partial charge in [0, 0.05) is 12.8 Å². The van der Waals surface area contributed by atoms with Crippen molar-refractivity contribution in [2.75, 3.05) is 5.75 Å². The summed E-state index contributed by atoms with van der Waals surface area (Å²) in [6.07, 6.45) is -9.37. The van der Waals surface area contributed by atoms with E-state index in [2.05, 4.69) is 9.97 Å². The van der Waals surface area contributed by atoms with Gasteiger partial charge in [-0.3, -0.25) is 0 Å². The molecule has 0 radical (unpaired) electrons. The van der Waals surface area contributed by atoms with Crippen LogP contribution in [0.25, 0.3) is 33.6 Å². The topological polar surface area (TPSA) is 84.8 Å². The Kier molecular flexibility index (Phi) is 4.81. The van der Waals surface area contributed by atoms with Gasteiger partial charge in [0.1, 0.15) is 5.52 Å². The normalized spacial score (nSPS) is 14.9. The van der Waals surface area contributed by atoms with Crippen molar-refractivity contribution < 1.29 is 35.0 Å². The van der Waals surface area contributed by atoms with Crippen LogP contribution in [-0.4, -0.2) is 24.5 Å². The molecule has 1 unspecified atom stereocenters. The number of aryl methyl sites for hydroxylation is 1. The third-order valence-corrected chi connectivity index (χ3v) is 6.80. The average molecular weight is 476 g/mol. The van der Waals surface area contributed by atoms with E-state index < -0.39 is 33.5 Å². The first-order valence-corrected chi connectivity index (χ1v) is 10.8. The molecule has 170 valence electrons. The number of fused-ring (bicyclic) bond motifs is 2.